The Bertz CT molecular complexity index is 1130. The van der Waals surface area contributed by atoms with Crippen LogP contribution in [0.4, 0.5) is 13.2 Å². The fraction of sp³-hybridized carbons (Fsp3) is 0.400. The molecule has 0 radical (unpaired) electrons. The topological polar surface area (TPSA) is 70.9 Å². The summed E-state index contributed by atoms with van der Waals surface area (Å²) in [5, 5.41) is 3.75. The molecule has 1 aliphatic carbocycles. The van der Waals surface area contributed by atoms with E-state index in [1.54, 1.807) is 12.1 Å². The Morgan fingerprint density at radius 1 is 1.03 bits per heavy atom. The summed E-state index contributed by atoms with van der Waals surface area (Å²) in [5.41, 5.74) is 8.05. The standard InChI is InChI=1S/C18H14F3N.C7H14N2O/c19-12-6-4-11(5-7-12)17-16(10-2-1-3-10)14-8-13(20)9-15(21)18(14)22-17;1-7(2)4-3-5(9-7)6(8)10/h4-10,22H,1-3H2;5,9H,3-4H2,1-2H3,(H2,8,10). The summed E-state index contributed by atoms with van der Waals surface area (Å²) in [6.45, 7) is 4.16. The van der Waals surface area contributed by atoms with Gasteiger partial charge in [0.05, 0.1) is 17.3 Å². The number of rotatable bonds is 3. The number of H-pyrrole nitrogens is 1. The zero-order chi connectivity index (χ0) is 23.0. The van der Waals surface area contributed by atoms with Gasteiger partial charge in [-0.2, -0.15) is 0 Å². The molecule has 5 rings (SSSR count). The summed E-state index contributed by atoms with van der Waals surface area (Å²) in [7, 11) is 0. The number of amides is 1. The van der Waals surface area contributed by atoms with E-state index in [2.05, 4.69) is 24.1 Å². The number of fused-ring (bicyclic) bond motifs is 1. The van der Waals surface area contributed by atoms with Gasteiger partial charge in [-0.25, -0.2) is 13.2 Å². The number of benzene rings is 2. The minimum absolute atomic E-state index is 0.0969. The van der Waals surface area contributed by atoms with Crippen molar-refractivity contribution < 1.29 is 18.0 Å². The first-order chi connectivity index (χ1) is 15.1. The van der Waals surface area contributed by atoms with Crippen molar-refractivity contribution in [3.8, 4) is 11.3 Å². The molecular formula is C25H28F3N3O. The van der Waals surface area contributed by atoms with E-state index in [9.17, 15) is 18.0 Å². The van der Waals surface area contributed by atoms with Crippen LogP contribution >= 0.6 is 0 Å². The maximum Gasteiger partial charge on any atom is 0.234 e. The first-order valence-electron chi connectivity index (χ1n) is 11.0. The van der Waals surface area contributed by atoms with Gasteiger partial charge in [-0.1, -0.05) is 6.42 Å². The lowest BCUT2D eigenvalue weighted by molar-refractivity contribution is -0.119. The van der Waals surface area contributed by atoms with Crippen molar-refractivity contribution >= 4 is 16.8 Å². The second-order valence-corrected chi connectivity index (χ2v) is 9.38. The minimum Gasteiger partial charge on any atom is -0.368 e. The number of hydrogen-bond donors (Lipinski definition) is 3. The Balaban J connectivity index is 0.000000207. The average molecular weight is 444 g/mol. The molecule has 170 valence electrons. The minimum atomic E-state index is -0.594. The molecule has 2 aromatic carbocycles. The summed E-state index contributed by atoms with van der Waals surface area (Å²) in [6.07, 6.45) is 5.06. The van der Waals surface area contributed by atoms with E-state index in [-0.39, 0.29) is 23.3 Å². The van der Waals surface area contributed by atoms with Crippen LogP contribution in [-0.2, 0) is 4.79 Å². The lowest BCUT2D eigenvalue weighted by Gasteiger charge is -2.26. The number of hydrogen-bond acceptors (Lipinski definition) is 2. The normalized spacial score (nSPS) is 20.0. The van der Waals surface area contributed by atoms with Crippen LogP contribution in [0.25, 0.3) is 22.2 Å². The van der Waals surface area contributed by atoms with Gasteiger partial charge in [0.1, 0.15) is 17.5 Å². The van der Waals surface area contributed by atoms with Gasteiger partial charge in [-0.05, 0) is 86.9 Å². The molecule has 2 aliphatic rings. The largest absolute Gasteiger partial charge is 0.368 e. The molecule has 1 aromatic heterocycles. The number of nitrogens with two attached hydrogens (primary N) is 1. The van der Waals surface area contributed by atoms with Crippen LogP contribution in [0.2, 0.25) is 0 Å². The van der Waals surface area contributed by atoms with Crippen molar-refractivity contribution in [2.45, 2.75) is 63.5 Å². The van der Waals surface area contributed by atoms with E-state index < -0.39 is 11.6 Å². The van der Waals surface area contributed by atoms with Crippen LogP contribution < -0.4 is 11.1 Å². The number of carbonyl (C=O) groups is 1. The van der Waals surface area contributed by atoms with E-state index in [4.69, 9.17) is 5.73 Å². The third-order valence-electron chi connectivity index (χ3n) is 6.48. The predicted octanol–water partition coefficient (Wildman–Crippen LogP) is 5.52. The van der Waals surface area contributed by atoms with Crippen molar-refractivity contribution in [1.29, 1.82) is 0 Å². The van der Waals surface area contributed by atoms with Crippen molar-refractivity contribution in [2.75, 3.05) is 0 Å². The third kappa shape index (κ3) is 4.53. The molecule has 2 heterocycles. The van der Waals surface area contributed by atoms with Gasteiger partial charge in [0.2, 0.25) is 5.91 Å². The molecule has 1 unspecified atom stereocenters. The number of nitrogens with one attached hydrogen (secondary N) is 2. The second kappa shape index (κ2) is 8.62. The van der Waals surface area contributed by atoms with E-state index in [0.29, 0.717) is 16.8 Å². The highest BCUT2D eigenvalue weighted by atomic mass is 19.1. The third-order valence-corrected chi connectivity index (χ3v) is 6.48. The Labute approximate surface area is 185 Å². The maximum absolute atomic E-state index is 14.1. The predicted molar refractivity (Wildman–Crippen MR) is 120 cm³/mol. The molecule has 3 aromatic rings. The quantitative estimate of drug-likeness (QED) is 0.499. The molecule has 4 N–H and O–H groups in total. The zero-order valence-corrected chi connectivity index (χ0v) is 18.3. The summed E-state index contributed by atoms with van der Waals surface area (Å²) < 4.78 is 40.8. The lowest BCUT2D eigenvalue weighted by atomic mass is 9.78. The first kappa shape index (κ1) is 22.4. The molecule has 1 amide bonds. The molecule has 1 atom stereocenters. The first-order valence-corrected chi connectivity index (χ1v) is 11.0. The van der Waals surface area contributed by atoms with Gasteiger partial charge < -0.3 is 16.0 Å². The molecule has 0 spiro atoms. The van der Waals surface area contributed by atoms with E-state index in [1.807, 2.05) is 0 Å². The lowest BCUT2D eigenvalue weighted by Crippen LogP contribution is -2.44. The van der Waals surface area contributed by atoms with Crippen LogP contribution in [-0.4, -0.2) is 22.5 Å². The number of carbonyl (C=O) groups excluding carboxylic acids is 1. The summed E-state index contributed by atoms with van der Waals surface area (Å²) in [4.78, 5) is 13.7. The summed E-state index contributed by atoms with van der Waals surface area (Å²) in [6, 6.07) is 8.25. The van der Waals surface area contributed by atoms with Crippen LogP contribution in [0.15, 0.2) is 36.4 Å². The van der Waals surface area contributed by atoms with Gasteiger partial charge in [0, 0.05) is 17.0 Å². The highest BCUT2D eigenvalue weighted by Gasteiger charge is 2.32. The maximum atomic E-state index is 14.1. The average Bonchev–Trinajstić information content (AvgIpc) is 3.23. The number of halogens is 3. The van der Waals surface area contributed by atoms with Crippen LogP contribution in [0.5, 0.6) is 0 Å². The molecular weight excluding hydrogens is 415 g/mol. The second-order valence-electron chi connectivity index (χ2n) is 9.38. The molecule has 7 heteroatoms. The highest BCUT2D eigenvalue weighted by Crippen LogP contribution is 2.45. The Kier molecular flexibility index (Phi) is 6.03. The Hall–Kier alpha value is -2.80. The number of aromatic amines is 1. The number of primary amides is 1. The molecule has 1 aliphatic heterocycles. The van der Waals surface area contributed by atoms with Crippen molar-refractivity contribution in [2.24, 2.45) is 5.73 Å². The van der Waals surface area contributed by atoms with E-state index in [1.165, 1.54) is 18.2 Å². The Morgan fingerprint density at radius 3 is 2.22 bits per heavy atom. The van der Waals surface area contributed by atoms with Crippen LogP contribution in [0, 0.1) is 17.5 Å². The highest BCUT2D eigenvalue weighted by molar-refractivity contribution is 5.92. The van der Waals surface area contributed by atoms with Gasteiger partial charge in [0.25, 0.3) is 0 Å². The van der Waals surface area contributed by atoms with Gasteiger partial charge in [0.15, 0.2) is 0 Å². The SMILES string of the molecule is CC1(C)CCC(C(N)=O)N1.Fc1ccc(-c2[nH]c3c(F)cc(F)cc3c2C2CCC2)cc1. The molecule has 0 bridgehead atoms. The Morgan fingerprint density at radius 2 is 1.72 bits per heavy atom. The molecule has 1 saturated carbocycles. The molecule has 1 saturated heterocycles. The van der Waals surface area contributed by atoms with Crippen molar-refractivity contribution in [3.05, 3.63) is 59.4 Å². The van der Waals surface area contributed by atoms with Crippen LogP contribution in [0.3, 0.4) is 0 Å². The summed E-state index contributed by atoms with van der Waals surface area (Å²) in [5.74, 6) is -1.41. The van der Waals surface area contributed by atoms with Crippen molar-refractivity contribution in [3.63, 3.8) is 0 Å². The van der Waals surface area contributed by atoms with E-state index in [0.717, 1.165) is 55.0 Å². The fourth-order valence-corrected chi connectivity index (χ4v) is 4.54. The van der Waals surface area contributed by atoms with Gasteiger partial charge >= 0.3 is 0 Å². The van der Waals surface area contributed by atoms with E-state index >= 15 is 0 Å². The van der Waals surface area contributed by atoms with Crippen molar-refractivity contribution in [1.82, 2.24) is 10.3 Å². The number of aromatic nitrogens is 1. The zero-order valence-electron chi connectivity index (χ0n) is 18.3. The summed E-state index contributed by atoms with van der Waals surface area (Å²) >= 11 is 0. The monoisotopic (exact) mass is 443 g/mol. The molecule has 32 heavy (non-hydrogen) atoms. The van der Waals surface area contributed by atoms with Gasteiger partial charge in [-0.15, -0.1) is 0 Å². The molecule has 4 nitrogen and oxygen atoms in total. The fourth-order valence-electron chi connectivity index (χ4n) is 4.54. The van der Waals surface area contributed by atoms with Crippen LogP contribution in [0.1, 0.15) is 57.4 Å². The smallest absolute Gasteiger partial charge is 0.234 e. The van der Waals surface area contributed by atoms with Gasteiger partial charge in [-0.3, -0.25) is 4.79 Å². The molecule has 2 fully saturated rings.